The second kappa shape index (κ2) is 4.96. The van der Waals surface area contributed by atoms with E-state index >= 15 is 0 Å². The number of anilines is 1. The van der Waals surface area contributed by atoms with Gasteiger partial charge in [0.05, 0.1) is 10.7 Å². The lowest BCUT2D eigenvalue weighted by atomic mass is 10.4. The van der Waals surface area contributed by atoms with Crippen molar-refractivity contribution >= 4 is 39.3 Å². The van der Waals surface area contributed by atoms with Gasteiger partial charge in [-0.2, -0.15) is 0 Å². The lowest BCUT2D eigenvalue weighted by Crippen LogP contribution is -2.19. The topological polar surface area (TPSA) is 71.5 Å². The van der Waals surface area contributed by atoms with Gasteiger partial charge >= 0.3 is 12.5 Å². The Balaban J connectivity index is 3.21. The smallest absolute Gasteiger partial charge is 0.465 e. The van der Waals surface area contributed by atoms with Crippen molar-refractivity contribution in [3.63, 3.8) is 0 Å². The van der Waals surface area contributed by atoms with E-state index in [9.17, 15) is 18.0 Å². The average Bonchev–Trinajstić information content (AvgIpc) is 2.15. The van der Waals surface area contributed by atoms with Crippen LogP contribution in [0.2, 0.25) is 5.15 Å². The van der Waals surface area contributed by atoms with Gasteiger partial charge in [-0.25, -0.2) is 9.78 Å². The van der Waals surface area contributed by atoms with E-state index in [1.54, 1.807) is 5.32 Å². The molecule has 0 saturated carbocycles. The molecule has 1 heterocycles. The minimum atomic E-state index is -4.98. The fourth-order valence-electron chi connectivity index (χ4n) is 0.868. The number of nitrogens with zero attached hydrogens (tertiary/aromatic N) is 1. The van der Waals surface area contributed by atoms with Crippen molar-refractivity contribution in [2.24, 2.45) is 0 Å². The predicted octanol–water partition coefficient (Wildman–Crippen LogP) is 3.49. The van der Waals surface area contributed by atoms with Crippen LogP contribution >= 0.6 is 27.5 Å². The summed E-state index contributed by atoms with van der Waals surface area (Å²) in [6, 6.07) is 0. The molecule has 2 N–H and O–H groups in total. The van der Waals surface area contributed by atoms with Crippen LogP contribution in [0, 0.1) is 0 Å². The third kappa shape index (κ3) is 3.93. The summed E-state index contributed by atoms with van der Waals surface area (Å²) in [5, 5.41) is 9.84. The van der Waals surface area contributed by atoms with Gasteiger partial charge in [-0.05, 0) is 15.9 Å². The molecule has 0 fully saturated rings. The fourth-order valence-corrected chi connectivity index (χ4v) is 1.40. The van der Waals surface area contributed by atoms with Crippen molar-refractivity contribution in [2.75, 3.05) is 5.32 Å². The highest BCUT2D eigenvalue weighted by Crippen LogP contribution is 2.39. The van der Waals surface area contributed by atoms with E-state index in [2.05, 4.69) is 25.7 Å². The highest BCUT2D eigenvalue weighted by atomic mass is 79.9. The highest BCUT2D eigenvalue weighted by molar-refractivity contribution is 9.10. The van der Waals surface area contributed by atoms with Crippen molar-refractivity contribution < 1.29 is 27.8 Å². The number of alkyl halides is 3. The summed E-state index contributed by atoms with van der Waals surface area (Å²) in [5.41, 5.74) is -0.480. The Hall–Kier alpha value is -1.22. The highest BCUT2D eigenvalue weighted by Gasteiger charge is 2.34. The van der Waals surface area contributed by atoms with Crippen molar-refractivity contribution in [2.45, 2.75) is 6.36 Å². The summed E-state index contributed by atoms with van der Waals surface area (Å²) in [6.07, 6.45) is -5.74. The van der Waals surface area contributed by atoms with Gasteiger partial charge in [0.15, 0.2) is 5.75 Å². The molecule has 0 atom stereocenters. The van der Waals surface area contributed by atoms with E-state index in [-0.39, 0.29) is 9.63 Å². The maximum absolute atomic E-state index is 12.1. The minimum absolute atomic E-state index is 0.291. The molecule has 1 aromatic heterocycles. The zero-order valence-electron chi connectivity index (χ0n) is 7.68. The molecule has 0 radical (unpaired) electrons. The van der Waals surface area contributed by atoms with Crippen LogP contribution in [0.1, 0.15) is 0 Å². The van der Waals surface area contributed by atoms with Crippen LogP contribution in [0.5, 0.6) is 5.75 Å². The molecule has 0 bridgehead atoms. The molecule has 10 heteroatoms. The number of ether oxygens (including phenoxy) is 1. The number of carbonyl (C=O) groups is 1. The summed E-state index contributed by atoms with van der Waals surface area (Å²) in [7, 11) is 0. The fraction of sp³-hybridized carbons (Fsp3) is 0.143. The lowest BCUT2D eigenvalue weighted by molar-refractivity contribution is -0.274. The Kier molecular flexibility index (Phi) is 4.04. The molecule has 0 aliphatic carbocycles. The number of pyridine rings is 1. The van der Waals surface area contributed by atoms with E-state index in [1.165, 1.54) is 0 Å². The van der Waals surface area contributed by atoms with E-state index in [0.717, 1.165) is 6.20 Å². The van der Waals surface area contributed by atoms with Gasteiger partial charge in [0.25, 0.3) is 0 Å². The van der Waals surface area contributed by atoms with Crippen LogP contribution in [-0.4, -0.2) is 22.5 Å². The summed E-state index contributed by atoms with van der Waals surface area (Å²) < 4.78 is 39.6. The Labute approximate surface area is 106 Å². The molecular formula is C7H3BrClF3N2O3. The zero-order valence-corrected chi connectivity index (χ0v) is 10.0. The number of aromatic nitrogens is 1. The SMILES string of the molecule is O=C(O)Nc1cnc(Cl)c(Br)c1OC(F)(F)F. The average molecular weight is 335 g/mol. The molecule has 17 heavy (non-hydrogen) atoms. The van der Waals surface area contributed by atoms with Crippen LogP contribution in [0.3, 0.4) is 0 Å². The van der Waals surface area contributed by atoms with E-state index in [1.807, 2.05) is 0 Å². The van der Waals surface area contributed by atoms with Crippen LogP contribution in [0.15, 0.2) is 10.7 Å². The van der Waals surface area contributed by atoms with E-state index < -0.39 is 23.9 Å². The molecule has 0 aliphatic rings. The monoisotopic (exact) mass is 334 g/mol. The molecule has 5 nitrogen and oxygen atoms in total. The summed E-state index contributed by atoms with van der Waals surface area (Å²) in [4.78, 5) is 13.8. The first kappa shape index (κ1) is 13.8. The number of nitrogens with one attached hydrogen (secondary N) is 1. The maximum atomic E-state index is 12.1. The van der Waals surface area contributed by atoms with Crippen LogP contribution in [-0.2, 0) is 0 Å². The van der Waals surface area contributed by atoms with Crippen LogP contribution < -0.4 is 10.1 Å². The Bertz CT molecular complexity index is 455. The Morgan fingerprint density at radius 2 is 2.18 bits per heavy atom. The normalized spacial score (nSPS) is 11.1. The molecule has 0 aromatic carbocycles. The van der Waals surface area contributed by atoms with Gasteiger partial charge in [0.2, 0.25) is 0 Å². The van der Waals surface area contributed by atoms with Crippen molar-refractivity contribution in [3.8, 4) is 5.75 Å². The second-order valence-corrected chi connectivity index (χ2v) is 3.73. The van der Waals surface area contributed by atoms with Crippen molar-refractivity contribution in [3.05, 3.63) is 15.8 Å². The van der Waals surface area contributed by atoms with Gasteiger partial charge in [-0.3, -0.25) is 5.32 Å². The summed E-state index contributed by atoms with van der Waals surface area (Å²) >= 11 is 8.19. The zero-order chi connectivity index (χ0) is 13.2. The summed E-state index contributed by atoms with van der Waals surface area (Å²) in [5.74, 6) is -0.806. The molecule has 0 spiro atoms. The lowest BCUT2D eigenvalue weighted by Gasteiger charge is -2.14. The van der Waals surface area contributed by atoms with Crippen molar-refractivity contribution in [1.82, 2.24) is 4.98 Å². The molecule has 0 unspecified atom stereocenters. The van der Waals surface area contributed by atoms with Crippen molar-refractivity contribution in [1.29, 1.82) is 0 Å². The molecule has 0 saturated heterocycles. The first-order chi connectivity index (χ1) is 7.70. The number of hydrogen-bond donors (Lipinski definition) is 2. The van der Waals surface area contributed by atoms with E-state index in [0.29, 0.717) is 0 Å². The maximum Gasteiger partial charge on any atom is 0.573 e. The van der Waals surface area contributed by atoms with Gasteiger partial charge < -0.3 is 9.84 Å². The number of carboxylic acid groups (broad SMARTS) is 1. The standard InChI is InChI=1S/C7H3BrClF3N2O3/c8-3-4(17-7(10,11)12)2(14-6(15)16)1-13-5(3)9/h1,14H,(H,15,16). The third-order valence-corrected chi connectivity index (χ3v) is 2.64. The first-order valence-electron chi connectivity index (χ1n) is 3.80. The van der Waals surface area contributed by atoms with Crippen LogP contribution in [0.4, 0.5) is 23.7 Å². The Morgan fingerprint density at radius 3 is 2.65 bits per heavy atom. The van der Waals surface area contributed by atoms with Gasteiger partial charge in [0, 0.05) is 0 Å². The molecule has 1 aromatic rings. The number of hydrogen-bond acceptors (Lipinski definition) is 3. The molecule has 1 amide bonds. The first-order valence-corrected chi connectivity index (χ1v) is 4.97. The molecular weight excluding hydrogens is 332 g/mol. The molecule has 1 rings (SSSR count). The van der Waals surface area contributed by atoms with Gasteiger partial charge in [-0.15, -0.1) is 13.2 Å². The predicted molar refractivity (Wildman–Crippen MR) is 55.3 cm³/mol. The number of halogens is 5. The quantitative estimate of drug-likeness (QED) is 0.812. The second-order valence-electron chi connectivity index (χ2n) is 2.58. The third-order valence-electron chi connectivity index (χ3n) is 1.39. The molecule has 94 valence electrons. The van der Waals surface area contributed by atoms with Gasteiger partial charge in [0.1, 0.15) is 10.8 Å². The minimum Gasteiger partial charge on any atom is -0.465 e. The van der Waals surface area contributed by atoms with Gasteiger partial charge in [-0.1, -0.05) is 11.6 Å². The van der Waals surface area contributed by atoms with Crippen LogP contribution in [0.25, 0.3) is 0 Å². The Morgan fingerprint density at radius 1 is 1.59 bits per heavy atom. The van der Waals surface area contributed by atoms with E-state index in [4.69, 9.17) is 16.7 Å². The number of rotatable bonds is 2. The largest absolute Gasteiger partial charge is 0.573 e. The molecule has 0 aliphatic heterocycles. The number of amides is 1. The summed E-state index contributed by atoms with van der Waals surface area (Å²) in [6.45, 7) is 0.